The van der Waals surface area contributed by atoms with Crippen LogP contribution in [0.1, 0.15) is 11.1 Å². The molecule has 0 atom stereocenters. The van der Waals surface area contributed by atoms with Gasteiger partial charge in [0.25, 0.3) is 0 Å². The van der Waals surface area contributed by atoms with Crippen LogP contribution in [0.4, 0.5) is 13.2 Å². The van der Waals surface area contributed by atoms with E-state index in [9.17, 15) is 21.6 Å². The molecule has 0 aliphatic heterocycles. The molecule has 0 aliphatic rings. The molecule has 1 rings (SSSR count). The van der Waals surface area contributed by atoms with E-state index in [1.165, 1.54) is 6.07 Å². The molecular weight excluding hydrogens is 382 g/mol. The Balaban J connectivity index is 3.28. The van der Waals surface area contributed by atoms with Crippen molar-refractivity contribution in [1.82, 2.24) is 4.72 Å². The number of hydrogen-bond donors (Lipinski definition) is 1. The minimum atomic E-state index is -4.56. The molecule has 1 aromatic carbocycles. The van der Waals surface area contributed by atoms with Crippen LogP contribution in [0, 0.1) is 6.92 Å². The fourth-order valence-corrected chi connectivity index (χ4v) is 3.40. The van der Waals surface area contributed by atoms with Gasteiger partial charge in [-0.2, -0.15) is 13.2 Å². The number of hydrogen-bond acceptors (Lipinski definition) is 2. The number of rotatable bonds is 4. The highest BCUT2D eigenvalue weighted by molar-refractivity contribution is 14.1. The fourth-order valence-electron chi connectivity index (χ4n) is 1.46. The molecule has 1 aromatic rings. The Morgan fingerprint density at radius 3 is 2.44 bits per heavy atom. The highest BCUT2D eigenvalue weighted by Gasteiger charge is 2.34. The van der Waals surface area contributed by atoms with Gasteiger partial charge >= 0.3 is 6.18 Å². The number of sulfonamides is 1. The molecule has 18 heavy (non-hydrogen) atoms. The van der Waals surface area contributed by atoms with Crippen LogP contribution in [-0.4, -0.2) is 19.4 Å². The zero-order valence-corrected chi connectivity index (χ0v) is 12.4. The molecule has 102 valence electrons. The van der Waals surface area contributed by atoms with Crippen LogP contribution in [0.2, 0.25) is 0 Å². The number of halogens is 4. The maximum absolute atomic E-state index is 12.7. The third-order valence-electron chi connectivity index (χ3n) is 2.27. The van der Waals surface area contributed by atoms with E-state index in [-0.39, 0.29) is 17.0 Å². The highest BCUT2D eigenvalue weighted by Crippen LogP contribution is 2.33. The van der Waals surface area contributed by atoms with Gasteiger partial charge in [-0.15, -0.1) is 0 Å². The van der Waals surface area contributed by atoms with E-state index in [4.69, 9.17) is 0 Å². The van der Waals surface area contributed by atoms with Gasteiger partial charge in [-0.1, -0.05) is 28.7 Å². The lowest BCUT2D eigenvalue weighted by atomic mass is 10.1. The molecule has 0 radical (unpaired) electrons. The van der Waals surface area contributed by atoms with Crippen molar-refractivity contribution in [2.24, 2.45) is 0 Å². The largest absolute Gasteiger partial charge is 0.416 e. The van der Waals surface area contributed by atoms with Crippen LogP contribution >= 0.6 is 22.6 Å². The van der Waals surface area contributed by atoms with Gasteiger partial charge in [-0.3, -0.25) is 0 Å². The first-order valence-corrected chi connectivity index (χ1v) is 7.93. The van der Waals surface area contributed by atoms with E-state index >= 15 is 0 Å². The second-order valence-electron chi connectivity index (χ2n) is 3.51. The lowest BCUT2D eigenvalue weighted by Gasteiger charge is -2.14. The minimum Gasteiger partial charge on any atom is -0.210 e. The van der Waals surface area contributed by atoms with Crippen LogP contribution in [0.25, 0.3) is 0 Å². The summed E-state index contributed by atoms with van der Waals surface area (Å²) in [5.41, 5.74) is -1.22. The van der Waals surface area contributed by atoms with Crippen molar-refractivity contribution in [3.05, 3.63) is 29.3 Å². The predicted octanol–water partition coefficient (Wildman–Crippen LogP) is 2.73. The maximum atomic E-state index is 12.7. The third kappa shape index (κ3) is 3.58. The Morgan fingerprint density at radius 1 is 1.33 bits per heavy atom. The van der Waals surface area contributed by atoms with Crippen LogP contribution in [0.3, 0.4) is 0 Å². The second kappa shape index (κ2) is 5.74. The molecule has 0 heterocycles. The summed E-state index contributed by atoms with van der Waals surface area (Å²) in [6.45, 7) is 1.33. The summed E-state index contributed by atoms with van der Waals surface area (Å²) in [5.74, 6) is 0. The number of nitrogens with one attached hydrogen (secondary N) is 1. The Labute approximate surface area is 117 Å². The Bertz CT molecular complexity index is 528. The van der Waals surface area contributed by atoms with E-state index in [0.717, 1.165) is 19.1 Å². The molecular formula is C10H11F3INO2S. The van der Waals surface area contributed by atoms with Crippen molar-refractivity contribution in [1.29, 1.82) is 0 Å². The van der Waals surface area contributed by atoms with Crippen molar-refractivity contribution in [2.75, 3.05) is 11.0 Å². The Kier molecular flexibility index (Phi) is 5.01. The van der Waals surface area contributed by atoms with Crippen molar-refractivity contribution in [3.8, 4) is 0 Å². The Morgan fingerprint density at radius 2 is 1.94 bits per heavy atom. The molecule has 0 unspecified atom stereocenters. The molecule has 0 bridgehead atoms. The van der Waals surface area contributed by atoms with Gasteiger partial charge in [0, 0.05) is 11.0 Å². The van der Waals surface area contributed by atoms with Gasteiger partial charge in [0.1, 0.15) is 0 Å². The molecule has 1 N–H and O–H groups in total. The van der Waals surface area contributed by atoms with Crippen LogP contribution < -0.4 is 4.72 Å². The average Bonchev–Trinajstić information content (AvgIpc) is 2.25. The summed E-state index contributed by atoms with van der Waals surface area (Å²) in [7, 11) is -3.89. The smallest absolute Gasteiger partial charge is 0.210 e. The first kappa shape index (κ1) is 15.7. The standard InChI is InChI=1S/C10H11F3INO2S/c1-7-8(10(11,12)13)3-2-4-9(7)18(16,17)15-6-5-14/h2-4,15H,5-6H2,1H3. The monoisotopic (exact) mass is 393 g/mol. The van der Waals surface area contributed by atoms with Crippen molar-refractivity contribution < 1.29 is 21.6 Å². The van der Waals surface area contributed by atoms with Gasteiger partial charge in [-0.05, 0) is 24.6 Å². The molecule has 0 saturated heterocycles. The summed E-state index contributed by atoms with van der Waals surface area (Å²) in [6.07, 6.45) is -4.56. The Hall–Kier alpha value is -0.350. The van der Waals surface area contributed by atoms with Crippen LogP contribution in [-0.2, 0) is 16.2 Å². The fraction of sp³-hybridized carbons (Fsp3) is 0.400. The zero-order chi connectivity index (χ0) is 14.0. The van der Waals surface area contributed by atoms with E-state index in [2.05, 4.69) is 4.72 Å². The molecule has 0 spiro atoms. The highest BCUT2D eigenvalue weighted by atomic mass is 127. The van der Waals surface area contributed by atoms with Crippen molar-refractivity contribution in [2.45, 2.75) is 18.0 Å². The summed E-state index contributed by atoms with van der Waals surface area (Å²) < 4.78 is 64.4. The van der Waals surface area contributed by atoms with Gasteiger partial charge < -0.3 is 0 Å². The van der Waals surface area contributed by atoms with Crippen LogP contribution in [0.15, 0.2) is 23.1 Å². The van der Waals surface area contributed by atoms with Crippen molar-refractivity contribution in [3.63, 3.8) is 0 Å². The number of benzene rings is 1. The molecule has 0 fully saturated rings. The van der Waals surface area contributed by atoms with E-state index in [1.807, 2.05) is 22.6 Å². The van der Waals surface area contributed by atoms with Crippen molar-refractivity contribution >= 4 is 32.6 Å². The summed E-state index contributed by atoms with van der Waals surface area (Å²) >= 11 is 1.97. The third-order valence-corrected chi connectivity index (χ3v) is 4.41. The topological polar surface area (TPSA) is 46.2 Å². The molecule has 0 aromatic heterocycles. The quantitative estimate of drug-likeness (QED) is 0.632. The number of alkyl halides is 4. The lowest BCUT2D eigenvalue weighted by Crippen LogP contribution is -2.26. The predicted molar refractivity (Wildman–Crippen MR) is 70.3 cm³/mol. The minimum absolute atomic E-state index is 0.179. The van der Waals surface area contributed by atoms with Gasteiger partial charge in [0.15, 0.2) is 0 Å². The second-order valence-corrected chi connectivity index (χ2v) is 6.33. The molecule has 0 aliphatic carbocycles. The molecule has 0 amide bonds. The van der Waals surface area contributed by atoms with Gasteiger partial charge in [0.05, 0.1) is 10.5 Å². The first-order valence-electron chi connectivity index (χ1n) is 4.92. The molecule has 0 saturated carbocycles. The lowest BCUT2D eigenvalue weighted by molar-refractivity contribution is -0.138. The van der Waals surface area contributed by atoms with E-state index in [0.29, 0.717) is 4.43 Å². The van der Waals surface area contributed by atoms with E-state index in [1.54, 1.807) is 0 Å². The average molecular weight is 393 g/mol. The van der Waals surface area contributed by atoms with Crippen LogP contribution in [0.5, 0.6) is 0 Å². The normalized spacial score (nSPS) is 12.7. The zero-order valence-electron chi connectivity index (χ0n) is 9.38. The van der Waals surface area contributed by atoms with E-state index < -0.39 is 21.8 Å². The van der Waals surface area contributed by atoms with Gasteiger partial charge in [-0.25, -0.2) is 13.1 Å². The summed E-state index contributed by atoms with van der Waals surface area (Å²) in [4.78, 5) is -0.331. The molecule has 8 heteroatoms. The first-order chi connectivity index (χ1) is 8.20. The molecule has 3 nitrogen and oxygen atoms in total. The maximum Gasteiger partial charge on any atom is 0.416 e. The summed E-state index contributed by atoms with van der Waals surface area (Å²) in [6, 6.07) is 3.13. The SMILES string of the molecule is Cc1c(C(F)(F)F)cccc1S(=O)(=O)NCCI. The summed E-state index contributed by atoms with van der Waals surface area (Å²) in [5, 5.41) is 0. The van der Waals surface area contributed by atoms with Gasteiger partial charge in [0.2, 0.25) is 10.0 Å².